The first-order valence-corrected chi connectivity index (χ1v) is 7.66. The van der Waals surface area contributed by atoms with Crippen LogP contribution in [0.5, 0.6) is 0 Å². The number of benzene rings is 1. The molecular formula is C12H14ClNO2S. The second kappa shape index (κ2) is 4.70. The van der Waals surface area contributed by atoms with Gasteiger partial charge in [0.2, 0.25) is 0 Å². The zero-order chi connectivity index (χ0) is 12.5. The van der Waals surface area contributed by atoms with Crippen LogP contribution in [0.15, 0.2) is 30.5 Å². The van der Waals surface area contributed by atoms with Crippen molar-refractivity contribution >= 4 is 32.3 Å². The minimum Gasteiger partial charge on any atom is -0.346 e. The van der Waals surface area contributed by atoms with Gasteiger partial charge in [-0.25, -0.2) is 8.42 Å². The molecule has 0 fully saturated rings. The summed E-state index contributed by atoms with van der Waals surface area (Å²) in [6.07, 6.45) is 1.90. The molecule has 1 heterocycles. The van der Waals surface area contributed by atoms with E-state index in [9.17, 15) is 8.42 Å². The van der Waals surface area contributed by atoms with Crippen molar-refractivity contribution in [3.63, 3.8) is 0 Å². The van der Waals surface area contributed by atoms with Crippen molar-refractivity contribution in [3.05, 3.63) is 35.5 Å². The van der Waals surface area contributed by atoms with Gasteiger partial charge in [0.25, 0.3) is 0 Å². The van der Waals surface area contributed by atoms with Crippen LogP contribution in [-0.2, 0) is 16.4 Å². The molecule has 0 unspecified atom stereocenters. The van der Waals surface area contributed by atoms with Gasteiger partial charge >= 0.3 is 0 Å². The van der Waals surface area contributed by atoms with Crippen LogP contribution in [0.2, 0.25) is 5.02 Å². The molecule has 0 atom stereocenters. The van der Waals surface area contributed by atoms with Crippen LogP contribution in [-0.4, -0.2) is 24.5 Å². The van der Waals surface area contributed by atoms with E-state index in [4.69, 9.17) is 11.6 Å². The van der Waals surface area contributed by atoms with Crippen LogP contribution in [0.4, 0.5) is 0 Å². The van der Waals surface area contributed by atoms with Crippen molar-refractivity contribution in [2.45, 2.75) is 13.5 Å². The zero-order valence-electron chi connectivity index (χ0n) is 9.56. The Bertz CT molecular complexity index is 631. The highest BCUT2D eigenvalue weighted by atomic mass is 35.5. The normalized spacial score (nSPS) is 12.1. The van der Waals surface area contributed by atoms with E-state index < -0.39 is 9.84 Å². The molecule has 0 saturated heterocycles. The first-order valence-electron chi connectivity index (χ1n) is 5.46. The third kappa shape index (κ3) is 2.82. The van der Waals surface area contributed by atoms with Crippen molar-refractivity contribution < 1.29 is 8.42 Å². The van der Waals surface area contributed by atoms with Gasteiger partial charge in [0.15, 0.2) is 9.84 Å². The highest BCUT2D eigenvalue weighted by Gasteiger charge is 2.08. The van der Waals surface area contributed by atoms with Gasteiger partial charge in [0, 0.05) is 34.4 Å². The summed E-state index contributed by atoms with van der Waals surface area (Å²) in [5.41, 5.74) is 1.01. The molecule has 0 amide bonds. The molecule has 5 heteroatoms. The predicted molar refractivity (Wildman–Crippen MR) is 71.3 cm³/mol. The topological polar surface area (TPSA) is 39.1 Å². The lowest BCUT2D eigenvalue weighted by molar-refractivity contribution is 0.591. The molecule has 0 saturated carbocycles. The summed E-state index contributed by atoms with van der Waals surface area (Å²) in [5.74, 6) is 0.369. The van der Waals surface area contributed by atoms with Gasteiger partial charge in [0.05, 0.1) is 5.75 Å². The molecule has 0 radical (unpaired) electrons. The summed E-state index contributed by atoms with van der Waals surface area (Å²) < 4.78 is 24.8. The van der Waals surface area contributed by atoms with Crippen LogP contribution in [0.25, 0.3) is 10.9 Å². The zero-order valence-corrected chi connectivity index (χ0v) is 11.1. The first kappa shape index (κ1) is 12.5. The van der Waals surface area contributed by atoms with Crippen LogP contribution in [0, 0.1) is 0 Å². The number of hydrogen-bond acceptors (Lipinski definition) is 2. The van der Waals surface area contributed by atoms with Gasteiger partial charge < -0.3 is 4.57 Å². The standard InChI is InChI=1S/C12H14ClNO2S/c1-2-17(15,16)8-7-14-6-5-10-9-11(13)3-4-12(10)14/h3-6,9H,2,7-8H2,1H3. The number of nitrogens with zero attached hydrogens (tertiary/aromatic N) is 1. The van der Waals surface area contributed by atoms with Crippen LogP contribution >= 0.6 is 11.6 Å². The number of halogens is 1. The molecule has 1 aromatic carbocycles. The van der Waals surface area contributed by atoms with Crippen molar-refractivity contribution in [3.8, 4) is 0 Å². The molecule has 1 aromatic heterocycles. The molecule has 0 spiro atoms. The molecule has 17 heavy (non-hydrogen) atoms. The number of fused-ring (bicyclic) bond motifs is 1. The van der Waals surface area contributed by atoms with E-state index in [1.165, 1.54) is 0 Å². The Labute approximate surface area is 106 Å². The fraction of sp³-hybridized carbons (Fsp3) is 0.333. The van der Waals surface area contributed by atoms with Crippen molar-refractivity contribution in [1.82, 2.24) is 4.57 Å². The number of sulfone groups is 1. The van der Waals surface area contributed by atoms with Gasteiger partial charge in [-0.05, 0) is 24.3 Å². The minimum atomic E-state index is -2.92. The van der Waals surface area contributed by atoms with Crippen LogP contribution in [0.1, 0.15) is 6.92 Å². The maximum absolute atomic E-state index is 11.5. The Morgan fingerprint density at radius 1 is 1.29 bits per heavy atom. The Hall–Kier alpha value is -1.00. The molecular weight excluding hydrogens is 258 g/mol. The van der Waals surface area contributed by atoms with E-state index in [1.54, 1.807) is 6.92 Å². The maximum Gasteiger partial charge on any atom is 0.151 e. The Morgan fingerprint density at radius 3 is 2.76 bits per heavy atom. The second-order valence-electron chi connectivity index (χ2n) is 3.95. The summed E-state index contributed by atoms with van der Waals surface area (Å²) in [4.78, 5) is 0. The summed E-state index contributed by atoms with van der Waals surface area (Å²) in [6, 6.07) is 7.55. The SMILES string of the molecule is CCS(=O)(=O)CCn1ccc2cc(Cl)ccc21. The maximum atomic E-state index is 11.5. The van der Waals surface area contributed by atoms with E-state index >= 15 is 0 Å². The van der Waals surface area contributed by atoms with Crippen molar-refractivity contribution in [2.24, 2.45) is 0 Å². The molecule has 2 aromatic rings. The Kier molecular flexibility index (Phi) is 3.45. The molecule has 0 N–H and O–H groups in total. The van der Waals surface area contributed by atoms with E-state index in [-0.39, 0.29) is 11.5 Å². The van der Waals surface area contributed by atoms with Crippen molar-refractivity contribution in [2.75, 3.05) is 11.5 Å². The second-order valence-corrected chi connectivity index (χ2v) is 6.86. The fourth-order valence-electron chi connectivity index (χ4n) is 1.75. The number of aryl methyl sites for hydroxylation is 1. The lowest BCUT2D eigenvalue weighted by atomic mass is 10.2. The van der Waals surface area contributed by atoms with E-state index in [0.717, 1.165) is 10.9 Å². The lowest BCUT2D eigenvalue weighted by Crippen LogP contribution is -2.14. The van der Waals surface area contributed by atoms with E-state index in [1.807, 2.05) is 35.0 Å². The monoisotopic (exact) mass is 271 g/mol. The summed E-state index contributed by atoms with van der Waals surface area (Å²) in [7, 11) is -2.92. The Balaban J connectivity index is 2.26. The summed E-state index contributed by atoms with van der Waals surface area (Å²) in [5, 5.41) is 1.72. The van der Waals surface area contributed by atoms with Gasteiger partial charge in [-0.2, -0.15) is 0 Å². The van der Waals surface area contributed by atoms with E-state index in [0.29, 0.717) is 11.6 Å². The third-order valence-electron chi connectivity index (χ3n) is 2.82. The lowest BCUT2D eigenvalue weighted by Gasteiger charge is -2.05. The highest BCUT2D eigenvalue weighted by molar-refractivity contribution is 7.91. The smallest absolute Gasteiger partial charge is 0.151 e. The first-order chi connectivity index (χ1) is 8.02. The molecule has 92 valence electrons. The predicted octanol–water partition coefficient (Wildman–Crippen LogP) is 2.73. The average molecular weight is 272 g/mol. The van der Waals surface area contributed by atoms with E-state index in [2.05, 4.69) is 0 Å². The van der Waals surface area contributed by atoms with Gasteiger partial charge in [-0.3, -0.25) is 0 Å². The van der Waals surface area contributed by atoms with Gasteiger partial charge in [-0.15, -0.1) is 0 Å². The summed E-state index contributed by atoms with van der Waals surface area (Å²) in [6.45, 7) is 2.16. The largest absolute Gasteiger partial charge is 0.346 e. The molecule has 0 bridgehead atoms. The number of hydrogen-bond donors (Lipinski definition) is 0. The third-order valence-corrected chi connectivity index (χ3v) is 4.74. The summed E-state index contributed by atoms with van der Waals surface area (Å²) >= 11 is 5.89. The number of aromatic nitrogens is 1. The molecule has 0 aliphatic carbocycles. The quantitative estimate of drug-likeness (QED) is 0.858. The van der Waals surface area contributed by atoms with Crippen molar-refractivity contribution in [1.29, 1.82) is 0 Å². The highest BCUT2D eigenvalue weighted by Crippen LogP contribution is 2.20. The van der Waals surface area contributed by atoms with Crippen LogP contribution in [0.3, 0.4) is 0 Å². The Morgan fingerprint density at radius 2 is 2.06 bits per heavy atom. The molecule has 0 aliphatic heterocycles. The molecule has 2 rings (SSSR count). The van der Waals surface area contributed by atoms with Gasteiger partial charge in [0.1, 0.15) is 0 Å². The fourth-order valence-corrected chi connectivity index (χ4v) is 2.69. The minimum absolute atomic E-state index is 0.176. The number of rotatable bonds is 4. The molecule has 3 nitrogen and oxygen atoms in total. The molecule has 0 aliphatic rings. The van der Waals surface area contributed by atoms with Gasteiger partial charge in [-0.1, -0.05) is 18.5 Å². The average Bonchev–Trinajstić information content (AvgIpc) is 2.69. The van der Waals surface area contributed by atoms with Crippen LogP contribution < -0.4 is 0 Å².